The molecule has 0 aliphatic heterocycles. The number of hydrogen-bond acceptors (Lipinski definition) is 2. The molecule has 0 fully saturated rings. The predicted octanol–water partition coefficient (Wildman–Crippen LogP) is 2.98. The third-order valence-electron chi connectivity index (χ3n) is 1.82. The van der Waals surface area contributed by atoms with E-state index in [0.717, 1.165) is 6.08 Å². The first-order valence-electron chi connectivity index (χ1n) is 4.51. The largest absolute Gasteiger partial charge is 0.459 e. The third-order valence-corrected chi connectivity index (χ3v) is 1.82. The summed E-state index contributed by atoms with van der Waals surface area (Å²) in [6.07, 6.45) is -5.97. The van der Waals surface area contributed by atoms with Gasteiger partial charge in [-0.1, -0.05) is 6.58 Å². The summed E-state index contributed by atoms with van der Waals surface area (Å²) in [6.45, 7) is 0.203. The van der Waals surface area contributed by atoms with Crippen LogP contribution in [0.15, 0.2) is 12.7 Å². The highest BCUT2D eigenvalue weighted by molar-refractivity contribution is 5.89. The third kappa shape index (κ3) is 3.97. The number of halogens is 7. The summed E-state index contributed by atoms with van der Waals surface area (Å²) in [4.78, 5) is 10.6. The lowest BCUT2D eigenvalue weighted by molar-refractivity contribution is -0.361. The van der Waals surface area contributed by atoms with Crippen molar-refractivity contribution in [3.8, 4) is 0 Å². The van der Waals surface area contributed by atoms with E-state index in [2.05, 4.69) is 11.3 Å². The Balaban J connectivity index is 4.40. The van der Waals surface area contributed by atoms with Crippen molar-refractivity contribution in [2.24, 2.45) is 0 Å². The van der Waals surface area contributed by atoms with Crippen molar-refractivity contribution in [3.05, 3.63) is 12.7 Å². The predicted molar refractivity (Wildman–Crippen MR) is 46.6 cm³/mol. The molecule has 0 spiro atoms. The van der Waals surface area contributed by atoms with Gasteiger partial charge in [0.25, 0.3) is 0 Å². The summed E-state index contributed by atoms with van der Waals surface area (Å²) in [5, 5.41) is 0. The first-order chi connectivity index (χ1) is 7.95. The number of carbonyl (C=O) groups is 1. The van der Waals surface area contributed by atoms with Gasteiger partial charge in [0, 0.05) is 6.42 Å². The van der Waals surface area contributed by atoms with Crippen LogP contribution in [0.4, 0.5) is 30.7 Å². The Morgan fingerprint density at radius 1 is 1.11 bits per heavy atom. The van der Waals surface area contributed by atoms with Crippen LogP contribution in [0.2, 0.25) is 0 Å². The van der Waals surface area contributed by atoms with Gasteiger partial charge in [-0.05, 0) is 6.08 Å². The zero-order valence-corrected chi connectivity index (χ0v) is 8.87. The smallest absolute Gasteiger partial charge is 0.374 e. The van der Waals surface area contributed by atoms with Gasteiger partial charge >= 0.3 is 18.0 Å². The van der Waals surface area contributed by atoms with E-state index in [0.29, 0.717) is 0 Å². The maximum absolute atomic E-state index is 12.6. The highest BCUT2D eigenvalue weighted by Gasteiger charge is 2.72. The Kier molecular flexibility index (Phi) is 5.33. The molecule has 0 saturated carbocycles. The van der Waals surface area contributed by atoms with E-state index >= 15 is 0 Å². The first kappa shape index (κ1) is 16.9. The average Bonchev–Trinajstić information content (AvgIpc) is 2.22. The summed E-state index contributed by atoms with van der Waals surface area (Å²) < 4.78 is 88.8. The van der Waals surface area contributed by atoms with Crippen molar-refractivity contribution in [3.63, 3.8) is 0 Å². The molecule has 0 aromatic heterocycles. The molecule has 0 aromatic carbocycles. The number of allylic oxidation sites excluding steroid dienone is 1. The fourth-order valence-corrected chi connectivity index (χ4v) is 0.773. The summed E-state index contributed by atoms with van der Waals surface area (Å²) in [7, 11) is 0. The second-order valence-electron chi connectivity index (χ2n) is 3.25. The quantitative estimate of drug-likeness (QED) is 0.407. The van der Waals surface area contributed by atoms with Crippen LogP contribution in [0, 0.1) is 0 Å². The number of alkyl halides is 7. The zero-order chi connectivity index (χ0) is 14.6. The van der Waals surface area contributed by atoms with E-state index in [1.807, 2.05) is 0 Å². The maximum Gasteiger partial charge on any atom is 0.459 e. The monoisotopic (exact) mass is 282 g/mol. The average molecular weight is 282 g/mol. The lowest BCUT2D eigenvalue weighted by Gasteiger charge is -2.27. The van der Waals surface area contributed by atoms with Gasteiger partial charge < -0.3 is 4.74 Å². The van der Waals surface area contributed by atoms with Crippen molar-refractivity contribution in [1.29, 1.82) is 0 Å². The topological polar surface area (TPSA) is 26.3 Å². The maximum atomic E-state index is 12.6. The lowest BCUT2D eigenvalue weighted by atomic mass is 10.2. The molecule has 9 heteroatoms. The van der Waals surface area contributed by atoms with Crippen molar-refractivity contribution in [2.45, 2.75) is 24.4 Å². The molecular formula is C9H9F7O2. The second kappa shape index (κ2) is 5.68. The fourth-order valence-electron chi connectivity index (χ4n) is 0.773. The van der Waals surface area contributed by atoms with Gasteiger partial charge in [-0.25, -0.2) is 0 Å². The molecule has 18 heavy (non-hydrogen) atoms. The fraction of sp³-hybridized carbons (Fsp3) is 0.667. The van der Waals surface area contributed by atoms with Crippen LogP contribution in [0.25, 0.3) is 0 Å². The highest BCUT2D eigenvalue weighted by Crippen LogP contribution is 2.46. The normalized spacial score (nSPS) is 13.5. The molecular weight excluding hydrogens is 273 g/mol. The summed E-state index contributed by atoms with van der Waals surface area (Å²) in [5.41, 5.74) is 0. The molecule has 0 saturated heterocycles. The van der Waals surface area contributed by atoms with Crippen LogP contribution in [0.3, 0.4) is 0 Å². The van der Waals surface area contributed by atoms with Gasteiger partial charge in [-0.2, -0.15) is 30.7 Å². The molecule has 2 nitrogen and oxygen atoms in total. The van der Waals surface area contributed by atoms with Crippen LogP contribution in [-0.2, 0) is 9.53 Å². The van der Waals surface area contributed by atoms with Crippen LogP contribution >= 0.6 is 0 Å². The first-order valence-corrected chi connectivity index (χ1v) is 4.51. The molecule has 0 N–H and O–H groups in total. The van der Waals surface area contributed by atoms with Gasteiger partial charge in [-0.3, -0.25) is 4.79 Å². The minimum atomic E-state index is -6.38. The highest BCUT2D eigenvalue weighted by atomic mass is 19.4. The van der Waals surface area contributed by atoms with Crippen LogP contribution in [0.5, 0.6) is 0 Å². The lowest BCUT2D eigenvalue weighted by Crippen LogP contribution is -2.54. The standard InChI is InChI=1S/C9H9F7O2/c1-2-6(17)3-4-18-5-7(10,11)8(12,13)9(14,15)16/h2H,1,3-5H2. The molecule has 0 rings (SSSR count). The minimum Gasteiger partial charge on any atom is -0.374 e. The molecule has 0 aliphatic carbocycles. The van der Waals surface area contributed by atoms with Crippen LogP contribution in [0.1, 0.15) is 6.42 Å². The van der Waals surface area contributed by atoms with E-state index < -0.39 is 43.4 Å². The van der Waals surface area contributed by atoms with Crippen molar-refractivity contribution < 1.29 is 40.3 Å². The Bertz CT molecular complexity index is 309. The zero-order valence-electron chi connectivity index (χ0n) is 8.87. The van der Waals surface area contributed by atoms with E-state index in [1.165, 1.54) is 0 Å². The van der Waals surface area contributed by atoms with Crippen molar-refractivity contribution in [1.82, 2.24) is 0 Å². The van der Waals surface area contributed by atoms with Gasteiger partial charge in [-0.15, -0.1) is 0 Å². The molecule has 106 valence electrons. The Hall–Kier alpha value is -1.12. The molecule has 0 radical (unpaired) electrons. The number of hydrogen-bond donors (Lipinski definition) is 0. The van der Waals surface area contributed by atoms with E-state index in [9.17, 15) is 35.5 Å². The van der Waals surface area contributed by atoms with Crippen molar-refractivity contribution >= 4 is 5.78 Å². The van der Waals surface area contributed by atoms with Gasteiger partial charge in [0.2, 0.25) is 0 Å². The second-order valence-corrected chi connectivity index (χ2v) is 3.25. The van der Waals surface area contributed by atoms with Gasteiger partial charge in [0.1, 0.15) is 6.61 Å². The van der Waals surface area contributed by atoms with E-state index in [4.69, 9.17) is 0 Å². The number of ketones is 1. The van der Waals surface area contributed by atoms with E-state index in [-0.39, 0.29) is 0 Å². The number of ether oxygens (including phenoxy) is 1. The summed E-state index contributed by atoms with van der Waals surface area (Å²) >= 11 is 0. The molecule has 0 amide bonds. The Morgan fingerprint density at radius 2 is 1.61 bits per heavy atom. The molecule has 0 unspecified atom stereocenters. The molecule has 0 heterocycles. The van der Waals surface area contributed by atoms with E-state index in [1.54, 1.807) is 0 Å². The SMILES string of the molecule is C=CC(=O)CCOCC(F)(F)C(F)(F)C(F)(F)F. The number of rotatable bonds is 7. The van der Waals surface area contributed by atoms with Crippen LogP contribution < -0.4 is 0 Å². The molecule has 0 aliphatic rings. The minimum absolute atomic E-state index is 0.433. The molecule has 0 bridgehead atoms. The number of carbonyl (C=O) groups excluding carboxylic acids is 1. The van der Waals surface area contributed by atoms with Gasteiger partial charge in [0.05, 0.1) is 6.61 Å². The van der Waals surface area contributed by atoms with Crippen LogP contribution in [-0.4, -0.2) is 37.0 Å². The van der Waals surface area contributed by atoms with Crippen molar-refractivity contribution in [2.75, 3.05) is 13.2 Å². The Labute approximate surface area is 97.4 Å². The summed E-state index contributed by atoms with van der Waals surface area (Å²) in [5.74, 6) is -12.2. The molecule has 0 aromatic rings. The summed E-state index contributed by atoms with van der Waals surface area (Å²) in [6, 6.07) is 0. The Morgan fingerprint density at radius 3 is 2.00 bits per heavy atom. The molecule has 0 atom stereocenters. The van der Waals surface area contributed by atoms with Gasteiger partial charge in [0.15, 0.2) is 5.78 Å².